The van der Waals surface area contributed by atoms with Crippen LogP contribution in [0.1, 0.15) is 96.0 Å². The number of hydrogen-bond acceptors (Lipinski definition) is 0. The predicted molar refractivity (Wildman–Crippen MR) is 97.0 cm³/mol. The molecule has 1 nitrogen and oxygen atoms in total. The van der Waals surface area contributed by atoms with E-state index in [2.05, 4.69) is 43.1 Å². The maximum absolute atomic E-state index is 2.29. The van der Waals surface area contributed by atoms with Gasteiger partial charge in [-0.25, -0.2) is 4.57 Å². The lowest BCUT2D eigenvalue weighted by Crippen LogP contribution is -3.00. The van der Waals surface area contributed by atoms with Gasteiger partial charge in [0.15, 0.2) is 12.4 Å². The fourth-order valence-electron chi connectivity index (χ4n) is 3.05. The molecule has 0 spiro atoms. The lowest BCUT2D eigenvalue weighted by atomic mass is 10.0. The first-order chi connectivity index (χ1) is 10.8. The number of pyridine rings is 1. The number of nitrogens with zero attached hydrogens (tertiary/aromatic N) is 1. The topological polar surface area (TPSA) is 3.88 Å². The number of aromatic nitrogens is 1. The molecule has 0 aromatic carbocycles. The van der Waals surface area contributed by atoms with E-state index in [1.807, 2.05) is 0 Å². The summed E-state index contributed by atoms with van der Waals surface area (Å²) in [6.07, 6.45) is 24.2. The van der Waals surface area contributed by atoms with Crippen LogP contribution in [-0.4, -0.2) is 0 Å². The van der Waals surface area contributed by atoms with Crippen molar-refractivity contribution in [3.63, 3.8) is 0 Å². The lowest BCUT2D eigenvalue weighted by Gasteiger charge is -2.03. The third-order valence-corrected chi connectivity index (χ3v) is 4.62. The molecule has 0 amide bonds. The summed E-state index contributed by atoms with van der Waals surface area (Å²) in [5, 5.41) is 0. The first-order valence-electron chi connectivity index (χ1n) is 9.77. The van der Waals surface area contributed by atoms with E-state index in [0.717, 1.165) is 0 Å². The highest BCUT2D eigenvalue weighted by atomic mass is 35.5. The van der Waals surface area contributed by atoms with Crippen LogP contribution in [0.4, 0.5) is 0 Å². The van der Waals surface area contributed by atoms with Gasteiger partial charge < -0.3 is 12.4 Å². The molecule has 1 aromatic rings. The molecule has 1 heterocycles. The maximum Gasteiger partial charge on any atom is 0.168 e. The fraction of sp³-hybridized carbons (Fsp3) is 0.762. The van der Waals surface area contributed by atoms with Gasteiger partial charge in [-0.15, -0.1) is 0 Å². The van der Waals surface area contributed by atoms with Crippen LogP contribution in [0.2, 0.25) is 0 Å². The first kappa shape index (κ1) is 22.4. The van der Waals surface area contributed by atoms with Gasteiger partial charge in [0.1, 0.15) is 7.05 Å². The molecular formula is C21H38ClN. The predicted octanol–water partition coefficient (Wildman–Crippen LogP) is 3.15. The molecule has 0 atom stereocenters. The smallest absolute Gasteiger partial charge is 0.168 e. The van der Waals surface area contributed by atoms with Crippen LogP contribution >= 0.6 is 0 Å². The van der Waals surface area contributed by atoms with Gasteiger partial charge in [0.2, 0.25) is 0 Å². The van der Waals surface area contributed by atoms with Gasteiger partial charge in [-0.3, -0.25) is 0 Å². The minimum Gasteiger partial charge on any atom is -1.00 e. The second-order valence-corrected chi connectivity index (χ2v) is 6.86. The van der Waals surface area contributed by atoms with Crippen LogP contribution in [0.3, 0.4) is 0 Å². The van der Waals surface area contributed by atoms with Crippen molar-refractivity contribution in [1.29, 1.82) is 0 Å². The Morgan fingerprint density at radius 2 is 1.04 bits per heavy atom. The zero-order valence-corrected chi connectivity index (χ0v) is 16.3. The second kappa shape index (κ2) is 16.3. The van der Waals surface area contributed by atoms with E-state index in [1.165, 1.54) is 95.5 Å². The molecule has 1 aromatic heterocycles. The van der Waals surface area contributed by atoms with E-state index in [-0.39, 0.29) is 12.4 Å². The van der Waals surface area contributed by atoms with Crippen molar-refractivity contribution in [2.45, 2.75) is 96.8 Å². The van der Waals surface area contributed by atoms with Gasteiger partial charge in [-0.1, -0.05) is 84.0 Å². The molecule has 134 valence electrons. The van der Waals surface area contributed by atoms with Crippen molar-refractivity contribution in [2.75, 3.05) is 0 Å². The highest BCUT2D eigenvalue weighted by molar-refractivity contribution is 5.06. The summed E-state index contributed by atoms with van der Waals surface area (Å²) in [5.41, 5.74) is 1.49. The largest absolute Gasteiger partial charge is 1.00 e. The van der Waals surface area contributed by atoms with Crippen molar-refractivity contribution in [3.05, 3.63) is 30.1 Å². The molecule has 0 radical (unpaired) electrons. The maximum atomic E-state index is 2.29. The minimum absolute atomic E-state index is 0. The molecule has 0 N–H and O–H groups in total. The molecule has 1 rings (SSSR count). The number of unbranched alkanes of at least 4 members (excludes halogenated alkanes) is 12. The monoisotopic (exact) mass is 339 g/mol. The number of aryl methyl sites for hydroxylation is 2. The number of hydrogen-bond donors (Lipinski definition) is 0. The van der Waals surface area contributed by atoms with E-state index in [9.17, 15) is 0 Å². The van der Waals surface area contributed by atoms with Gasteiger partial charge in [0, 0.05) is 12.1 Å². The van der Waals surface area contributed by atoms with E-state index in [4.69, 9.17) is 0 Å². The molecule has 0 aliphatic rings. The van der Waals surface area contributed by atoms with Crippen LogP contribution in [0, 0.1) is 0 Å². The molecule has 0 saturated carbocycles. The highest BCUT2D eigenvalue weighted by Gasteiger charge is 1.97. The zero-order chi connectivity index (χ0) is 15.9. The molecule has 23 heavy (non-hydrogen) atoms. The summed E-state index contributed by atoms with van der Waals surface area (Å²) in [4.78, 5) is 0. The normalized spacial score (nSPS) is 10.5. The zero-order valence-electron chi connectivity index (χ0n) is 15.5. The summed E-state index contributed by atoms with van der Waals surface area (Å²) in [7, 11) is 2.08. The van der Waals surface area contributed by atoms with Crippen LogP contribution in [-0.2, 0) is 13.5 Å². The minimum atomic E-state index is 0. The molecule has 0 saturated heterocycles. The number of halogens is 1. The molecule has 0 bridgehead atoms. The van der Waals surface area contributed by atoms with Crippen molar-refractivity contribution in [2.24, 2.45) is 7.05 Å². The van der Waals surface area contributed by atoms with E-state index < -0.39 is 0 Å². The SMILES string of the molecule is CCCCCCCCCCCCCCCc1cc[n+](C)cc1.[Cl-]. The Morgan fingerprint density at radius 1 is 0.652 bits per heavy atom. The molecule has 0 unspecified atom stereocenters. The van der Waals surface area contributed by atoms with E-state index in [0.29, 0.717) is 0 Å². The summed E-state index contributed by atoms with van der Waals surface area (Å²) < 4.78 is 2.10. The van der Waals surface area contributed by atoms with Crippen LogP contribution < -0.4 is 17.0 Å². The Labute approximate surface area is 151 Å². The molecule has 0 fully saturated rings. The van der Waals surface area contributed by atoms with Crippen molar-refractivity contribution >= 4 is 0 Å². The number of rotatable bonds is 14. The summed E-state index contributed by atoms with van der Waals surface area (Å²) in [6.45, 7) is 2.29. The molecule has 2 heteroatoms. The van der Waals surface area contributed by atoms with Crippen LogP contribution in [0.5, 0.6) is 0 Å². The average molecular weight is 340 g/mol. The Balaban J connectivity index is 0.00000484. The molecule has 0 aliphatic heterocycles. The van der Waals surface area contributed by atoms with Crippen LogP contribution in [0.15, 0.2) is 24.5 Å². The van der Waals surface area contributed by atoms with Gasteiger partial charge in [-0.2, -0.15) is 0 Å². The van der Waals surface area contributed by atoms with Crippen molar-refractivity contribution in [3.8, 4) is 0 Å². The highest BCUT2D eigenvalue weighted by Crippen LogP contribution is 2.13. The second-order valence-electron chi connectivity index (χ2n) is 6.86. The van der Waals surface area contributed by atoms with Crippen LogP contribution in [0.25, 0.3) is 0 Å². The summed E-state index contributed by atoms with van der Waals surface area (Å²) in [6, 6.07) is 4.50. The Morgan fingerprint density at radius 3 is 1.48 bits per heavy atom. The summed E-state index contributed by atoms with van der Waals surface area (Å²) >= 11 is 0. The Bertz CT molecular complexity index is 347. The van der Waals surface area contributed by atoms with Gasteiger partial charge in [0.05, 0.1) is 0 Å². The summed E-state index contributed by atoms with van der Waals surface area (Å²) in [5.74, 6) is 0. The standard InChI is InChI=1S/C21H38N.ClH/c1-3-4-5-6-7-8-9-10-11-12-13-14-15-16-21-17-19-22(2)20-18-21;/h17-20H,3-16H2,1-2H3;1H/q+1;/p-1. The van der Waals surface area contributed by atoms with Crippen molar-refractivity contribution in [1.82, 2.24) is 0 Å². The van der Waals surface area contributed by atoms with Gasteiger partial charge in [-0.05, 0) is 18.4 Å². The quantitative estimate of drug-likeness (QED) is 0.362. The third-order valence-electron chi connectivity index (χ3n) is 4.62. The third kappa shape index (κ3) is 13.6. The average Bonchev–Trinajstić information content (AvgIpc) is 2.53. The van der Waals surface area contributed by atoms with Gasteiger partial charge in [0.25, 0.3) is 0 Å². The van der Waals surface area contributed by atoms with E-state index in [1.54, 1.807) is 0 Å². The van der Waals surface area contributed by atoms with E-state index >= 15 is 0 Å². The van der Waals surface area contributed by atoms with Crippen molar-refractivity contribution < 1.29 is 17.0 Å². The fourth-order valence-corrected chi connectivity index (χ4v) is 3.05. The molecular weight excluding hydrogens is 302 g/mol. The Kier molecular flexibility index (Phi) is 15.9. The van der Waals surface area contributed by atoms with Gasteiger partial charge >= 0.3 is 0 Å². The Hall–Kier alpha value is -0.560. The molecule has 0 aliphatic carbocycles. The first-order valence-corrected chi connectivity index (χ1v) is 9.77. The lowest BCUT2D eigenvalue weighted by molar-refractivity contribution is -0.671.